The zero-order chi connectivity index (χ0) is 31.5. The van der Waals surface area contributed by atoms with Crippen molar-refractivity contribution in [2.75, 3.05) is 46.4 Å². The second-order valence-corrected chi connectivity index (χ2v) is 13.0. The number of benzene rings is 3. The molecular formula is C32H41ClN4O7S. The molecule has 1 aliphatic heterocycles. The summed E-state index contributed by atoms with van der Waals surface area (Å²) in [4.78, 5) is 27.5. The van der Waals surface area contributed by atoms with Crippen molar-refractivity contribution >= 4 is 34.2 Å². The summed E-state index contributed by atoms with van der Waals surface area (Å²) in [6.45, 7) is 2.57. The molecule has 0 bridgehead atoms. The Balaban J connectivity index is 0.00000552. The minimum Gasteiger partial charge on any atom is -0.445 e. The van der Waals surface area contributed by atoms with Gasteiger partial charge in [0.1, 0.15) is 6.61 Å². The number of nitro groups is 1. The van der Waals surface area contributed by atoms with E-state index < -0.39 is 21.0 Å². The van der Waals surface area contributed by atoms with Gasteiger partial charge in [0, 0.05) is 51.4 Å². The third kappa shape index (κ3) is 9.97. The number of piperidine rings is 1. The van der Waals surface area contributed by atoms with Gasteiger partial charge in [-0.2, -0.15) is 0 Å². The summed E-state index contributed by atoms with van der Waals surface area (Å²) in [7, 11) is -2.00. The third-order valence-electron chi connectivity index (χ3n) is 8.08. The molecule has 13 heteroatoms. The van der Waals surface area contributed by atoms with Crippen LogP contribution in [0.3, 0.4) is 0 Å². The Morgan fingerprint density at radius 3 is 2.20 bits per heavy atom. The maximum absolute atomic E-state index is 13.2. The number of non-ortho nitro benzene ring substituents is 1. The number of rotatable bonds is 14. The Labute approximate surface area is 271 Å². The van der Waals surface area contributed by atoms with E-state index in [-0.39, 0.29) is 54.7 Å². The lowest BCUT2D eigenvalue weighted by Gasteiger charge is -2.38. The van der Waals surface area contributed by atoms with E-state index in [0.29, 0.717) is 24.9 Å². The molecule has 1 aliphatic rings. The Morgan fingerprint density at radius 2 is 1.62 bits per heavy atom. The number of carbonyl (C=O) groups is 1. The molecule has 1 fully saturated rings. The molecule has 1 amide bonds. The van der Waals surface area contributed by atoms with Crippen LogP contribution in [0, 0.1) is 10.1 Å². The lowest BCUT2D eigenvalue weighted by atomic mass is 9.94. The predicted octanol–water partition coefficient (Wildman–Crippen LogP) is 4.91. The normalized spacial score (nSPS) is 14.8. The number of nitro benzene ring substituents is 1. The Morgan fingerprint density at radius 1 is 1.02 bits per heavy atom. The highest BCUT2D eigenvalue weighted by molar-refractivity contribution is 7.89. The summed E-state index contributed by atoms with van der Waals surface area (Å²) in [6, 6.07) is 24.2. The lowest BCUT2D eigenvalue weighted by molar-refractivity contribution is -0.384. The molecule has 3 aromatic carbocycles. The summed E-state index contributed by atoms with van der Waals surface area (Å²) in [6.07, 6.45) is 1.67. The molecule has 1 unspecified atom stereocenters. The van der Waals surface area contributed by atoms with Crippen LogP contribution in [0.5, 0.6) is 0 Å². The van der Waals surface area contributed by atoms with Gasteiger partial charge in [0.15, 0.2) is 0 Å². The van der Waals surface area contributed by atoms with Gasteiger partial charge >= 0.3 is 6.09 Å². The van der Waals surface area contributed by atoms with Crippen molar-refractivity contribution in [1.29, 1.82) is 0 Å². The van der Waals surface area contributed by atoms with E-state index in [2.05, 4.69) is 4.90 Å². The number of halogens is 1. The molecule has 0 saturated carbocycles. The van der Waals surface area contributed by atoms with Crippen LogP contribution in [0.25, 0.3) is 0 Å². The number of ether oxygens (including phenoxy) is 1. The van der Waals surface area contributed by atoms with Crippen LogP contribution in [0.2, 0.25) is 0 Å². The van der Waals surface area contributed by atoms with Crippen LogP contribution in [0.4, 0.5) is 10.5 Å². The molecule has 1 atom stereocenters. The van der Waals surface area contributed by atoms with Gasteiger partial charge in [0.2, 0.25) is 10.0 Å². The van der Waals surface area contributed by atoms with Gasteiger partial charge in [0.05, 0.1) is 16.4 Å². The summed E-state index contributed by atoms with van der Waals surface area (Å²) in [5, 5.41) is 20.5. The van der Waals surface area contributed by atoms with Crippen LogP contribution in [0.1, 0.15) is 36.3 Å². The van der Waals surface area contributed by atoms with Crippen LogP contribution >= 0.6 is 12.4 Å². The number of hydrogen-bond acceptors (Lipinski definition) is 8. The molecule has 45 heavy (non-hydrogen) atoms. The number of carbonyl (C=O) groups excluding carboxylic acids is 1. The third-order valence-corrected chi connectivity index (χ3v) is 9.91. The molecule has 1 saturated heterocycles. The Bertz CT molecular complexity index is 1460. The number of likely N-dealkylation sites (N-methyl/N-ethyl adjacent to an activating group) is 1. The molecular weight excluding hydrogens is 620 g/mol. The zero-order valence-electron chi connectivity index (χ0n) is 25.3. The van der Waals surface area contributed by atoms with Crippen molar-refractivity contribution in [2.45, 2.75) is 42.7 Å². The molecule has 0 spiro atoms. The van der Waals surface area contributed by atoms with Gasteiger partial charge in [-0.05, 0) is 67.1 Å². The number of sulfonamides is 1. The van der Waals surface area contributed by atoms with Crippen molar-refractivity contribution in [3.05, 3.63) is 106 Å². The first kappa shape index (κ1) is 35.9. The largest absolute Gasteiger partial charge is 0.445 e. The van der Waals surface area contributed by atoms with E-state index in [9.17, 15) is 28.4 Å². The van der Waals surface area contributed by atoms with Crippen molar-refractivity contribution in [3.63, 3.8) is 0 Å². The van der Waals surface area contributed by atoms with E-state index in [1.165, 1.54) is 16.4 Å². The van der Waals surface area contributed by atoms with Crippen molar-refractivity contribution in [1.82, 2.24) is 14.1 Å². The molecule has 244 valence electrons. The summed E-state index contributed by atoms with van der Waals surface area (Å²) >= 11 is 0. The molecule has 3 aromatic rings. The molecule has 1 N–H and O–H groups in total. The summed E-state index contributed by atoms with van der Waals surface area (Å²) in [5.41, 5.74) is 1.69. The van der Waals surface area contributed by atoms with E-state index >= 15 is 0 Å². The van der Waals surface area contributed by atoms with Gasteiger partial charge in [-0.15, -0.1) is 12.4 Å². The average molecular weight is 661 g/mol. The molecule has 0 radical (unpaired) electrons. The first-order valence-corrected chi connectivity index (χ1v) is 16.2. The second-order valence-electron chi connectivity index (χ2n) is 11.0. The number of aliphatic hydroxyl groups excluding tert-OH is 1. The second kappa shape index (κ2) is 17.2. The van der Waals surface area contributed by atoms with E-state index in [1.807, 2.05) is 30.3 Å². The lowest BCUT2D eigenvalue weighted by Crippen LogP contribution is -2.48. The van der Waals surface area contributed by atoms with E-state index in [4.69, 9.17) is 4.74 Å². The van der Waals surface area contributed by atoms with Gasteiger partial charge in [-0.3, -0.25) is 10.1 Å². The zero-order valence-corrected chi connectivity index (χ0v) is 26.9. The van der Waals surface area contributed by atoms with Crippen LogP contribution in [-0.4, -0.2) is 91.1 Å². The van der Waals surface area contributed by atoms with Crippen molar-refractivity contribution in [2.24, 2.45) is 0 Å². The van der Waals surface area contributed by atoms with Crippen molar-refractivity contribution < 1.29 is 28.0 Å². The van der Waals surface area contributed by atoms with Crippen LogP contribution in [0.15, 0.2) is 89.8 Å². The van der Waals surface area contributed by atoms with E-state index in [0.717, 1.165) is 31.6 Å². The van der Waals surface area contributed by atoms with Crippen LogP contribution in [-0.2, 0) is 21.4 Å². The maximum Gasteiger partial charge on any atom is 0.410 e. The molecule has 11 nitrogen and oxygen atoms in total. The topological polar surface area (TPSA) is 134 Å². The van der Waals surface area contributed by atoms with Gasteiger partial charge < -0.3 is 19.6 Å². The number of hydrogen-bond donors (Lipinski definition) is 1. The minimum absolute atomic E-state index is 0. The van der Waals surface area contributed by atoms with Gasteiger partial charge in [-0.1, -0.05) is 48.5 Å². The van der Waals surface area contributed by atoms with Gasteiger partial charge in [-0.25, -0.2) is 17.5 Å². The van der Waals surface area contributed by atoms with Crippen molar-refractivity contribution in [3.8, 4) is 0 Å². The fourth-order valence-electron chi connectivity index (χ4n) is 5.54. The summed E-state index contributed by atoms with van der Waals surface area (Å²) in [5.74, 6) is -0.00213. The fraction of sp³-hybridized carbons (Fsp3) is 0.406. The highest BCUT2D eigenvalue weighted by atomic mass is 35.5. The fourth-order valence-corrected chi connectivity index (χ4v) is 6.77. The quantitative estimate of drug-likeness (QED) is 0.191. The minimum atomic E-state index is -3.62. The molecule has 0 aromatic heterocycles. The van der Waals surface area contributed by atoms with Gasteiger partial charge in [0.25, 0.3) is 5.69 Å². The Hall–Kier alpha value is -3.55. The number of nitrogens with zero attached hydrogens (tertiary/aromatic N) is 4. The smallest absolute Gasteiger partial charge is 0.410 e. The highest BCUT2D eigenvalue weighted by Gasteiger charge is 2.30. The predicted molar refractivity (Wildman–Crippen MR) is 174 cm³/mol. The summed E-state index contributed by atoms with van der Waals surface area (Å²) < 4.78 is 33.3. The maximum atomic E-state index is 13.2. The number of likely N-dealkylation sites (tertiary alicyclic amines) is 1. The molecule has 1 heterocycles. The van der Waals surface area contributed by atoms with Crippen LogP contribution < -0.4 is 0 Å². The number of aliphatic hydroxyl groups is 1. The number of amides is 1. The first-order chi connectivity index (χ1) is 21.2. The first-order valence-electron chi connectivity index (χ1n) is 14.8. The molecule has 0 aliphatic carbocycles. The Kier molecular flexibility index (Phi) is 13.8. The van der Waals surface area contributed by atoms with E-state index in [1.54, 1.807) is 54.4 Å². The monoisotopic (exact) mass is 660 g/mol. The highest BCUT2D eigenvalue weighted by Crippen LogP contribution is 2.26. The average Bonchev–Trinajstić information content (AvgIpc) is 3.05. The molecule has 4 rings (SSSR count). The SMILES string of the molecule is CN(CC(CCN1CCC(N(CCO)C(=O)OCc2ccc([N+](=O)[O-])cc2)CC1)c1ccccc1)S(=O)(=O)c1ccccc1.Cl. The standard InChI is InChI=1S/C32H40N4O7S.ClH/c1-33(44(41,42)31-10-6-3-7-11-31)24-28(27-8-4-2-5-9-27)16-19-34-20-17-29(18-21-34)35(22-23-37)32(38)43-25-26-12-14-30(15-13-26)36(39)40;/h2-15,28-29,37H,16-25H2,1H3;1H.